The molecule has 2 heterocycles. The monoisotopic (exact) mass is 245 g/mol. The standard InChI is InChI=1S/C12H15N5O/c1-8(18)16-11-2-3-17(7-11)12-9(5-13)4-10(14)6-15-12/h4,6,11H,2-3,7,14H2,1H3,(H,16,18). The van der Waals surface area contributed by atoms with E-state index in [1.807, 2.05) is 4.90 Å². The number of carbonyl (C=O) groups is 1. The van der Waals surface area contributed by atoms with Gasteiger partial charge in [0.15, 0.2) is 0 Å². The lowest BCUT2D eigenvalue weighted by molar-refractivity contribution is -0.119. The van der Waals surface area contributed by atoms with Gasteiger partial charge in [0.1, 0.15) is 11.9 Å². The minimum Gasteiger partial charge on any atom is -0.397 e. The minimum absolute atomic E-state index is 0.0346. The number of rotatable bonds is 2. The molecule has 0 spiro atoms. The molecule has 1 aliphatic rings. The van der Waals surface area contributed by atoms with Crippen LogP contribution in [0.5, 0.6) is 0 Å². The second-order valence-corrected chi connectivity index (χ2v) is 4.38. The van der Waals surface area contributed by atoms with E-state index >= 15 is 0 Å². The van der Waals surface area contributed by atoms with E-state index in [9.17, 15) is 4.79 Å². The van der Waals surface area contributed by atoms with Crippen LogP contribution < -0.4 is 16.0 Å². The van der Waals surface area contributed by atoms with E-state index in [0.29, 0.717) is 23.6 Å². The molecule has 1 aliphatic heterocycles. The summed E-state index contributed by atoms with van der Waals surface area (Å²) in [4.78, 5) is 17.2. The maximum absolute atomic E-state index is 11.0. The van der Waals surface area contributed by atoms with Crippen molar-refractivity contribution in [1.82, 2.24) is 10.3 Å². The molecule has 94 valence electrons. The molecule has 1 atom stereocenters. The lowest BCUT2D eigenvalue weighted by atomic mass is 10.2. The number of anilines is 2. The molecule has 1 unspecified atom stereocenters. The summed E-state index contributed by atoms with van der Waals surface area (Å²) in [7, 11) is 0. The van der Waals surface area contributed by atoms with Crippen LogP contribution in [0.4, 0.5) is 11.5 Å². The quantitative estimate of drug-likeness (QED) is 0.778. The summed E-state index contributed by atoms with van der Waals surface area (Å²) in [6, 6.07) is 3.84. The van der Waals surface area contributed by atoms with Crippen molar-refractivity contribution >= 4 is 17.4 Å². The Kier molecular flexibility index (Phi) is 3.33. The summed E-state index contributed by atoms with van der Waals surface area (Å²) in [6.45, 7) is 2.95. The first-order valence-corrected chi connectivity index (χ1v) is 5.78. The fourth-order valence-electron chi connectivity index (χ4n) is 2.17. The van der Waals surface area contributed by atoms with Gasteiger partial charge in [-0.05, 0) is 12.5 Å². The Labute approximate surface area is 105 Å². The molecule has 1 amide bonds. The number of nitrogen functional groups attached to an aromatic ring is 1. The fraction of sp³-hybridized carbons (Fsp3) is 0.417. The summed E-state index contributed by atoms with van der Waals surface area (Å²) < 4.78 is 0. The third kappa shape index (κ3) is 2.51. The van der Waals surface area contributed by atoms with E-state index in [0.717, 1.165) is 13.0 Å². The predicted molar refractivity (Wildman–Crippen MR) is 67.8 cm³/mol. The lowest BCUT2D eigenvalue weighted by Gasteiger charge is -2.18. The van der Waals surface area contributed by atoms with Crippen LogP contribution in [0.1, 0.15) is 18.9 Å². The summed E-state index contributed by atoms with van der Waals surface area (Å²) >= 11 is 0. The molecule has 1 fully saturated rings. The van der Waals surface area contributed by atoms with Crippen molar-refractivity contribution in [2.45, 2.75) is 19.4 Å². The first-order valence-electron chi connectivity index (χ1n) is 5.78. The average molecular weight is 245 g/mol. The summed E-state index contributed by atoms with van der Waals surface area (Å²) in [5, 5.41) is 11.9. The van der Waals surface area contributed by atoms with Crippen LogP contribution in [0.25, 0.3) is 0 Å². The molecule has 1 saturated heterocycles. The van der Waals surface area contributed by atoms with Crippen LogP contribution in [0.2, 0.25) is 0 Å². The maximum atomic E-state index is 11.0. The predicted octanol–water partition coefficient (Wildman–Crippen LogP) is 0.250. The van der Waals surface area contributed by atoms with Crippen LogP contribution in [-0.2, 0) is 4.79 Å². The molecule has 6 nitrogen and oxygen atoms in total. The Bertz CT molecular complexity index is 508. The molecule has 0 bridgehead atoms. The molecule has 0 aliphatic carbocycles. The molecule has 0 radical (unpaired) electrons. The minimum atomic E-state index is -0.0346. The number of nitrogens with one attached hydrogen (secondary N) is 1. The first-order chi connectivity index (χ1) is 8.60. The molecule has 0 aromatic carbocycles. The Morgan fingerprint density at radius 1 is 1.72 bits per heavy atom. The Morgan fingerprint density at radius 3 is 3.17 bits per heavy atom. The van der Waals surface area contributed by atoms with Crippen molar-refractivity contribution in [2.24, 2.45) is 0 Å². The number of hydrogen-bond acceptors (Lipinski definition) is 5. The zero-order chi connectivity index (χ0) is 13.1. The van der Waals surface area contributed by atoms with Crippen LogP contribution in [0.3, 0.4) is 0 Å². The van der Waals surface area contributed by atoms with Gasteiger partial charge in [0.05, 0.1) is 17.4 Å². The molecule has 18 heavy (non-hydrogen) atoms. The van der Waals surface area contributed by atoms with E-state index in [2.05, 4.69) is 16.4 Å². The molecule has 1 aromatic heterocycles. The fourth-order valence-corrected chi connectivity index (χ4v) is 2.17. The van der Waals surface area contributed by atoms with Crippen LogP contribution >= 0.6 is 0 Å². The number of aromatic nitrogens is 1. The molecular formula is C12H15N5O. The molecule has 3 N–H and O–H groups in total. The molecule has 6 heteroatoms. The van der Waals surface area contributed by atoms with Gasteiger partial charge in [0, 0.05) is 26.1 Å². The Hall–Kier alpha value is -2.29. The van der Waals surface area contributed by atoms with Gasteiger partial charge in [0.25, 0.3) is 0 Å². The van der Waals surface area contributed by atoms with E-state index < -0.39 is 0 Å². The third-order valence-electron chi connectivity index (χ3n) is 2.90. The van der Waals surface area contributed by atoms with E-state index in [1.54, 1.807) is 12.3 Å². The second-order valence-electron chi connectivity index (χ2n) is 4.38. The van der Waals surface area contributed by atoms with Crippen molar-refractivity contribution in [2.75, 3.05) is 23.7 Å². The second kappa shape index (κ2) is 4.92. The zero-order valence-electron chi connectivity index (χ0n) is 10.2. The normalized spacial score (nSPS) is 18.4. The van der Waals surface area contributed by atoms with E-state index in [-0.39, 0.29) is 11.9 Å². The largest absolute Gasteiger partial charge is 0.397 e. The number of hydrogen-bond donors (Lipinski definition) is 2. The van der Waals surface area contributed by atoms with Gasteiger partial charge in [-0.2, -0.15) is 5.26 Å². The van der Waals surface area contributed by atoms with Gasteiger partial charge < -0.3 is 16.0 Å². The van der Waals surface area contributed by atoms with Gasteiger partial charge >= 0.3 is 0 Å². The average Bonchev–Trinajstić information content (AvgIpc) is 2.76. The van der Waals surface area contributed by atoms with Crippen molar-refractivity contribution in [1.29, 1.82) is 5.26 Å². The van der Waals surface area contributed by atoms with Gasteiger partial charge in [-0.3, -0.25) is 4.79 Å². The number of nitriles is 1. The molecule has 0 saturated carbocycles. The summed E-state index contributed by atoms with van der Waals surface area (Å²) in [5.41, 5.74) is 6.56. The number of carbonyl (C=O) groups excluding carboxylic acids is 1. The zero-order valence-corrected chi connectivity index (χ0v) is 10.2. The van der Waals surface area contributed by atoms with Gasteiger partial charge in [0.2, 0.25) is 5.91 Å². The van der Waals surface area contributed by atoms with E-state index in [1.165, 1.54) is 6.92 Å². The van der Waals surface area contributed by atoms with E-state index in [4.69, 9.17) is 11.0 Å². The Balaban J connectivity index is 2.14. The molecule has 1 aromatic rings. The van der Waals surface area contributed by atoms with Gasteiger partial charge in [-0.25, -0.2) is 4.98 Å². The first kappa shape index (κ1) is 12.2. The highest BCUT2D eigenvalue weighted by molar-refractivity contribution is 5.73. The van der Waals surface area contributed by atoms with Crippen molar-refractivity contribution < 1.29 is 4.79 Å². The lowest BCUT2D eigenvalue weighted by Crippen LogP contribution is -2.35. The summed E-state index contributed by atoms with van der Waals surface area (Å²) in [5.74, 6) is 0.604. The van der Waals surface area contributed by atoms with Crippen molar-refractivity contribution in [3.05, 3.63) is 17.8 Å². The number of nitrogens with two attached hydrogens (primary N) is 1. The van der Waals surface area contributed by atoms with Crippen molar-refractivity contribution in [3.63, 3.8) is 0 Å². The maximum Gasteiger partial charge on any atom is 0.217 e. The van der Waals surface area contributed by atoms with Crippen LogP contribution in [0, 0.1) is 11.3 Å². The number of nitrogens with zero attached hydrogens (tertiary/aromatic N) is 3. The highest BCUT2D eigenvalue weighted by atomic mass is 16.1. The topological polar surface area (TPSA) is 95.0 Å². The highest BCUT2D eigenvalue weighted by Crippen LogP contribution is 2.23. The third-order valence-corrected chi connectivity index (χ3v) is 2.90. The smallest absolute Gasteiger partial charge is 0.217 e. The number of amides is 1. The van der Waals surface area contributed by atoms with Gasteiger partial charge in [-0.1, -0.05) is 0 Å². The number of pyridine rings is 1. The SMILES string of the molecule is CC(=O)NC1CCN(c2ncc(N)cc2C#N)C1. The van der Waals surface area contributed by atoms with Crippen molar-refractivity contribution in [3.8, 4) is 6.07 Å². The van der Waals surface area contributed by atoms with Crippen LogP contribution in [0.15, 0.2) is 12.3 Å². The van der Waals surface area contributed by atoms with Gasteiger partial charge in [-0.15, -0.1) is 0 Å². The van der Waals surface area contributed by atoms with Crippen LogP contribution in [-0.4, -0.2) is 30.0 Å². The highest BCUT2D eigenvalue weighted by Gasteiger charge is 2.25. The Morgan fingerprint density at radius 2 is 2.50 bits per heavy atom. The molecular weight excluding hydrogens is 230 g/mol. The summed E-state index contributed by atoms with van der Waals surface area (Å²) in [6.07, 6.45) is 2.40. The molecule has 2 rings (SSSR count).